The Morgan fingerprint density at radius 3 is 2.89 bits per heavy atom. The lowest BCUT2D eigenvalue weighted by Crippen LogP contribution is -2.42. The molecule has 0 aliphatic carbocycles. The summed E-state index contributed by atoms with van der Waals surface area (Å²) in [6.07, 6.45) is 3.27. The van der Waals surface area contributed by atoms with Crippen molar-refractivity contribution in [2.24, 2.45) is 0 Å². The molecule has 2 aliphatic rings. The first-order chi connectivity index (χ1) is 9.26. The summed E-state index contributed by atoms with van der Waals surface area (Å²) in [6.45, 7) is 2.91. The average molecular weight is 258 g/mol. The van der Waals surface area contributed by atoms with Crippen molar-refractivity contribution in [1.82, 2.24) is 14.9 Å². The Balaban J connectivity index is 1.54. The molecule has 2 fully saturated rings. The van der Waals surface area contributed by atoms with Crippen LogP contribution < -0.4 is 5.73 Å². The third-order valence-electron chi connectivity index (χ3n) is 4.05. The third kappa shape index (κ3) is 2.09. The maximum Gasteiger partial charge on any atom is 0.121 e. The van der Waals surface area contributed by atoms with Crippen LogP contribution in [0.25, 0.3) is 11.0 Å². The van der Waals surface area contributed by atoms with Crippen molar-refractivity contribution in [3.05, 3.63) is 24.0 Å². The number of aromatic amines is 1. The molecule has 2 bridgehead atoms. The van der Waals surface area contributed by atoms with Gasteiger partial charge in [0.25, 0.3) is 0 Å². The van der Waals surface area contributed by atoms with E-state index in [9.17, 15) is 0 Å². The van der Waals surface area contributed by atoms with Crippen LogP contribution in [0.2, 0.25) is 0 Å². The Labute approximate surface area is 111 Å². The molecule has 0 radical (unpaired) electrons. The van der Waals surface area contributed by atoms with Crippen LogP contribution in [0.15, 0.2) is 18.2 Å². The van der Waals surface area contributed by atoms with Crippen LogP contribution in [-0.2, 0) is 11.3 Å². The van der Waals surface area contributed by atoms with Gasteiger partial charge in [0, 0.05) is 18.8 Å². The lowest BCUT2D eigenvalue weighted by molar-refractivity contribution is -0.0416. The molecule has 0 spiro atoms. The van der Waals surface area contributed by atoms with E-state index in [0.29, 0.717) is 12.2 Å². The molecular formula is C14H18N4O. The molecule has 2 aromatic rings. The Hall–Kier alpha value is -1.59. The number of hydrogen-bond acceptors (Lipinski definition) is 4. The van der Waals surface area contributed by atoms with E-state index < -0.39 is 0 Å². The maximum absolute atomic E-state index is 5.85. The highest BCUT2D eigenvalue weighted by Gasteiger charge is 2.33. The molecule has 0 saturated carbocycles. The van der Waals surface area contributed by atoms with E-state index in [2.05, 4.69) is 14.9 Å². The number of imidazole rings is 1. The normalized spacial score (nSPS) is 27.2. The highest BCUT2D eigenvalue weighted by Crippen LogP contribution is 2.27. The summed E-state index contributed by atoms with van der Waals surface area (Å²) in [7, 11) is 0. The van der Waals surface area contributed by atoms with Crippen LogP contribution in [0.1, 0.15) is 18.7 Å². The molecule has 3 heterocycles. The van der Waals surface area contributed by atoms with Gasteiger partial charge in [-0.2, -0.15) is 0 Å². The maximum atomic E-state index is 5.85. The first kappa shape index (κ1) is 11.3. The number of aromatic nitrogens is 2. The number of hydrogen-bond donors (Lipinski definition) is 2. The molecule has 1 aromatic carbocycles. The lowest BCUT2D eigenvalue weighted by atomic mass is 10.2. The molecule has 3 N–H and O–H groups in total. The predicted octanol–water partition coefficient (Wildman–Crippen LogP) is 1.51. The van der Waals surface area contributed by atoms with Gasteiger partial charge < -0.3 is 15.5 Å². The number of ether oxygens (including phenoxy) is 1. The van der Waals surface area contributed by atoms with E-state index in [0.717, 1.165) is 42.2 Å². The number of morpholine rings is 1. The summed E-state index contributed by atoms with van der Waals surface area (Å²) >= 11 is 0. The predicted molar refractivity (Wildman–Crippen MR) is 73.7 cm³/mol. The Morgan fingerprint density at radius 1 is 1.32 bits per heavy atom. The molecule has 2 atom stereocenters. The molecule has 100 valence electrons. The molecule has 19 heavy (non-hydrogen) atoms. The molecule has 5 nitrogen and oxygen atoms in total. The van der Waals surface area contributed by atoms with E-state index >= 15 is 0 Å². The minimum atomic E-state index is 0.429. The minimum absolute atomic E-state index is 0.429. The quantitative estimate of drug-likeness (QED) is 0.801. The van der Waals surface area contributed by atoms with Crippen LogP contribution in [-0.4, -0.2) is 40.2 Å². The van der Waals surface area contributed by atoms with Gasteiger partial charge in [-0.3, -0.25) is 4.90 Å². The van der Waals surface area contributed by atoms with Gasteiger partial charge in [0.1, 0.15) is 5.82 Å². The third-order valence-corrected chi connectivity index (χ3v) is 4.05. The number of likely N-dealkylation sites (tertiary alicyclic amines) is 1. The monoisotopic (exact) mass is 258 g/mol. The fraction of sp³-hybridized carbons (Fsp3) is 0.500. The van der Waals surface area contributed by atoms with Crippen molar-refractivity contribution in [3.8, 4) is 0 Å². The first-order valence-electron chi connectivity index (χ1n) is 6.88. The zero-order valence-electron chi connectivity index (χ0n) is 10.8. The molecule has 0 amide bonds. The summed E-state index contributed by atoms with van der Waals surface area (Å²) in [5.74, 6) is 1.02. The van der Waals surface area contributed by atoms with Crippen LogP contribution in [0.4, 0.5) is 5.69 Å². The van der Waals surface area contributed by atoms with Crippen LogP contribution in [0.3, 0.4) is 0 Å². The number of rotatable bonds is 2. The second-order valence-corrected chi connectivity index (χ2v) is 5.61. The van der Waals surface area contributed by atoms with Crippen LogP contribution in [0, 0.1) is 0 Å². The molecular weight excluding hydrogens is 240 g/mol. The summed E-state index contributed by atoms with van der Waals surface area (Å²) in [6, 6.07) is 5.80. The van der Waals surface area contributed by atoms with Crippen LogP contribution >= 0.6 is 0 Å². The number of fused-ring (bicyclic) bond motifs is 3. The van der Waals surface area contributed by atoms with Gasteiger partial charge in [-0.05, 0) is 31.0 Å². The Morgan fingerprint density at radius 2 is 2.11 bits per heavy atom. The van der Waals surface area contributed by atoms with Gasteiger partial charge in [0.05, 0.1) is 29.8 Å². The van der Waals surface area contributed by atoms with Gasteiger partial charge in [-0.25, -0.2) is 4.98 Å². The summed E-state index contributed by atoms with van der Waals surface area (Å²) in [5.41, 5.74) is 8.56. The molecule has 2 saturated heterocycles. The van der Waals surface area contributed by atoms with Gasteiger partial charge in [-0.1, -0.05) is 0 Å². The number of nitrogens with one attached hydrogen (secondary N) is 1. The van der Waals surface area contributed by atoms with E-state index in [1.165, 1.54) is 12.8 Å². The van der Waals surface area contributed by atoms with Crippen molar-refractivity contribution in [1.29, 1.82) is 0 Å². The smallest absolute Gasteiger partial charge is 0.121 e. The topological polar surface area (TPSA) is 67.2 Å². The molecule has 1 aromatic heterocycles. The number of H-pyrrole nitrogens is 1. The Bertz CT molecular complexity index is 597. The molecule has 5 heteroatoms. The second kappa shape index (κ2) is 4.21. The van der Waals surface area contributed by atoms with Gasteiger partial charge in [-0.15, -0.1) is 0 Å². The fourth-order valence-corrected chi connectivity index (χ4v) is 3.20. The summed E-state index contributed by atoms with van der Waals surface area (Å²) < 4.78 is 5.85. The van der Waals surface area contributed by atoms with Crippen molar-refractivity contribution in [2.45, 2.75) is 31.6 Å². The van der Waals surface area contributed by atoms with Crippen molar-refractivity contribution < 1.29 is 4.74 Å². The van der Waals surface area contributed by atoms with E-state index in [-0.39, 0.29) is 0 Å². The SMILES string of the molecule is Nc1ccc2nc(CN3CC4CCC(C3)O4)[nH]c2c1. The molecule has 2 aliphatic heterocycles. The zero-order valence-corrected chi connectivity index (χ0v) is 10.8. The van der Waals surface area contributed by atoms with E-state index in [1.807, 2.05) is 18.2 Å². The fourth-order valence-electron chi connectivity index (χ4n) is 3.20. The van der Waals surface area contributed by atoms with E-state index in [4.69, 9.17) is 10.5 Å². The van der Waals surface area contributed by atoms with Crippen LogP contribution in [0.5, 0.6) is 0 Å². The van der Waals surface area contributed by atoms with Gasteiger partial charge >= 0.3 is 0 Å². The van der Waals surface area contributed by atoms with Crippen molar-refractivity contribution in [3.63, 3.8) is 0 Å². The number of nitrogens with zero attached hydrogens (tertiary/aromatic N) is 2. The highest BCUT2D eigenvalue weighted by molar-refractivity contribution is 5.78. The average Bonchev–Trinajstić information content (AvgIpc) is 2.92. The molecule has 4 rings (SSSR count). The van der Waals surface area contributed by atoms with E-state index in [1.54, 1.807) is 0 Å². The number of anilines is 1. The first-order valence-corrected chi connectivity index (χ1v) is 6.88. The number of benzene rings is 1. The summed E-state index contributed by atoms with van der Waals surface area (Å²) in [4.78, 5) is 10.4. The zero-order chi connectivity index (χ0) is 12.8. The Kier molecular flexibility index (Phi) is 2.50. The van der Waals surface area contributed by atoms with Crippen molar-refractivity contribution in [2.75, 3.05) is 18.8 Å². The second-order valence-electron chi connectivity index (χ2n) is 5.61. The molecule has 2 unspecified atom stereocenters. The lowest BCUT2D eigenvalue weighted by Gasteiger charge is -2.31. The summed E-state index contributed by atoms with van der Waals surface area (Å²) in [5, 5.41) is 0. The minimum Gasteiger partial charge on any atom is -0.399 e. The highest BCUT2D eigenvalue weighted by atomic mass is 16.5. The van der Waals surface area contributed by atoms with Crippen molar-refractivity contribution >= 4 is 16.7 Å². The number of nitrogens with two attached hydrogens (primary N) is 1. The standard InChI is InChI=1S/C14H18N4O/c15-9-1-4-12-13(5-9)17-14(16-12)8-18-6-10-2-3-11(7-18)19-10/h1,4-5,10-11H,2-3,6-8,15H2,(H,16,17). The number of nitrogen functional groups attached to an aromatic ring is 1. The van der Waals surface area contributed by atoms with Gasteiger partial charge in [0.15, 0.2) is 0 Å². The van der Waals surface area contributed by atoms with Gasteiger partial charge in [0.2, 0.25) is 0 Å². The largest absolute Gasteiger partial charge is 0.399 e.